The van der Waals surface area contributed by atoms with Gasteiger partial charge in [-0.05, 0) is 11.1 Å². The number of ether oxygens (including phenoxy) is 4. The number of nitrogens with zero attached hydrogens (tertiary/aromatic N) is 3. The quantitative estimate of drug-likeness (QED) is 0.230. The van der Waals surface area contributed by atoms with Crippen molar-refractivity contribution < 1.29 is 34.0 Å². The van der Waals surface area contributed by atoms with E-state index in [0.29, 0.717) is 0 Å². The summed E-state index contributed by atoms with van der Waals surface area (Å²) >= 11 is 0. The third-order valence-electron chi connectivity index (χ3n) is 3.83. The van der Waals surface area contributed by atoms with Crippen LogP contribution in [0.15, 0.2) is 48.1 Å². The van der Waals surface area contributed by atoms with Crippen LogP contribution in [0.5, 0.6) is 0 Å². The monoisotopic (exact) mass is 379 g/mol. The van der Waals surface area contributed by atoms with Crippen molar-refractivity contribution in [1.29, 1.82) is 0 Å². The molecule has 10 nitrogen and oxygen atoms in total. The van der Waals surface area contributed by atoms with Crippen LogP contribution in [0.1, 0.15) is 5.56 Å². The zero-order chi connectivity index (χ0) is 19.6. The number of carbonyl (C=O) groups is 1. The molecule has 0 spiro atoms. The maximum absolute atomic E-state index is 11.9. The van der Waals surface area contributed by atoms with E-state index < -0.39 is 43.4 Å². The number of rotatable bonds is 8. The highest BCUT2D eigenvalue weighted by Crippen LogP contribution is 2.28. The van der Waals surface area contributed by atoms with E-state index in [1.54, 1.807) is 0 Å². The van der Waals surface area contributed by atoms with Crippen LogP contribution >= 0.6 is 0 Å². The van der Waals surface area contributed by atoms with Gasteiger partial charge in [-0.25, -0.2) is 4.79 Å². The van der Waals surface area contributed by atoms with Crippen LogP contribution in [0.4, 0.5) is 4.79 Å². The standard InChI is InChI=1S/C17H21N3O7/c1-2-8-24-17(23)27-15-13(19-20-18)16(22)26-12(9-21)14(15)25-10-11-6-4-3-5-7-11/h2-7,12-16,21-22H,1,8-10H2/t12-,13-,14-,15-,16-/m1/s1. The summed E-state index contributed by atoms with van der Waals surface area (Å²) in [7, 11) is 0. The fraction of sp³-hybridized carbons (Fsp3) is 0.471. The molecular formula is C17H21N3O7. The fourth-order valence-corrected chi connectivity index (χ4v) is 2.61. The van der Waals surface area contributed by atoms with Gasteiger partial charge in [0.15, 0.2) is 6.29 Å². The molecule has 0 aromatic heterocycles. The van der Waals surface area contributed by atoms with Crippen LogP contribution in [-0.4, -0.2) is 60.2 Å². The van der Waals surface area contributed by atoms with E-state index >= 15 is 0 Å². The molecule has 1 fully saturated rings. The topological polar surface area (TPSA) is 143 Å². The first kappa shape index (κ1) is 20.7. The van der Waals surface area contributed by atoms with Crippen molar-refractivity contribution >= 4 is 6.16 Å². The van der Waals surface area contributed by atoms with Crippen molar-refractivity contribution in [2.24, 2.45) is 5.11 Å². The minimum atomic E-state index is -1.59. The summed E-state index contributed by atoms with van der Waals surface area (Å²) in [5.41, 5.74) is 9.59. The highest BCUT2D eigenvalue weighted by atomic mass is 16.7. The van der Waals surface area contributed by atoms with Crippen LogP contribution in [0.3, 0.4) is 0 Å². The molecule has 0 saturated carbocycles. The molecule has 10 heteroatoms. The number of hydrogen-bond donors (Lipinski definition) is 2. The van der Waals surface area contributed by atoms with Crippen LogP contribution in [0.25, 0.3) is 10.4 Å². The van der Waals surface area contributed by atoms with Gasteiger partial charge in [0.05, 0.1) is 13.2 Å². The Morgan fingerprint density at radius 3 is 2.74 bits per heavy atom. The van der Waals surface area contributed by atoms with E-state index in [1.807, 2.05) is 30.3 Å². The number of carbonyl (C=O) groups excluding carboxylic acids is 1. The summed E-state index contributed by atoms with van der Waals surface area (Å²) in [6.45, 7) is 2.94. The van der Waals surface area contributed by atoms with Gasteiger partial charge in [0.2, 0.25) is 0 Å². The lowest BCUT2D eigenvalue weighted by Crippen LogP contribution is -2.60. The summed E-state index contributed by atoms with van der Waals surface area (Å²) in [5, 5.41) is 23.1. The summed E-state index contributed by atoms with van der Waals surface area (Å²) in [6.07, 6.45) is -4.55. The predicted octanol–water partition coefficient (Wildman–Crippen LogP) is 1.67. The average Bonchev–Trinajstić information content (AvgIpc) is 2.68. The SMILES string of the molecule is C=CCOC(=O)O[C@@H]1[C@@H](N=[N+]=[N-])[C@H](O)O[C@H](CO)[C@H]1OCc1ccccc1. The Hall–Kier alpha value is -2.62. The molecule has 0 amide bonds. The van der Waals surface area contributed by atoms with Gasteiger partial charge in [0, 0.05) is 4.91 Å². The third kappa shape index (κ3) is 5.68. The van der Waals surface area contributed by atoms with Crippen LogP contribution in [-0.2, 0) is 25.6 Å². The molecule has 27 heavy (non-hydrogen) atoms. The first-order chi connectivity index (χ1) is 13.1. The van der Waals surface area contributed by atoms with E-state index in [9.17, 15) is 15.0 Å². The summed E-state index contributed by atoms with van der Waals surface area (Å²) in [5.74, 6) is 0. The van der Waals surface area contributed by atoms with Crippen molar-refractivity contribution in [3.8, 4) is 0 Å². The zero-order valence-electron chi connectivity index (χ0n) is 14.5. The zero-order valence-corrected chi connectivity index (χ0v) is 14.5. The molecule has 0 radical (unpaired) electrons. The molecule has 1 aromatic carbocycles. The van der Waals surface area contributed by atoms with Gasteiger partial charge in [-0.3, -0.25) is 0 Å². The van der Waals surface area contributed by atoms with Crippen LogP contribution in [0.2, 0.25) is 0 Å². The predicted molar refractivity (Wildman–Crippen MR) is 92.3 cm³/mol. The Morgan fingerprint density at radius 1 is 1.37 bits per heavy atom. The molecule has 0 bridgehead atoms. The van der Waals surface area contributed by atoms with Crippen molar-refractivity contribution in [3.63, 3.8) is 0 Å². The highest BCUT2D eigenvalue weighted by Gasteiger charge is 2.48. The van der Waals surface area contributed by atoms with Gasteiger partial charge in [-0.15, -0.1) is 0 Å². The number of benzene rings is 1. The van der Waals surface area contributed by atoms with Gasteiger partial charge in [-0.2, -0.15) is 0 Å². The first-order valence-corrected chi connectivity index (χ1v) is 8.19. The number of hydrogen-bond acceptors (Lipinski definition) is 8. The minimum absolute atomic E-state index is 0.0875. The molecule has 1 aliphatic rings. The van der Waals surface area contributed by atoms with Crippen LogP contribution in [0, 0.1) is 0 Å². The molecule has 0 unspecified atom stereocenters. The smallest absolute Gasteiger partial charge is 0.430 e. The Bertz CT molecular complexity index is 666. The molecule has 0 aliphatic carbocycles. The van der Waals surface area contributed by atoms with Gasteiger partial charge in [-0.1, -0.05) is 48.1 Å². The van der Waals surface area contributed by atoms with Crippen LogP contribution < -0.4 is 0 Å². The normalized spacial score (nSPS) is 27.3. The minimum Gasteiger partial charge on any atom is -0.430 e. The Morgan fingerprint density at radius 2 is 2.11 bits per heavy atom. The Balaban J connectivity index is 2.21. The lowest BCUT2D eigenvalue weighted by molar-refractivity contribution is -0.262. The molecule has 1 heterocycles. The molecule has 1 aliphatic heterocycles. The number of aliphatic hydroxyl groups is 2. The van der Waals surface area contributed by atoms with E-state index in [-0.39, 0.29) is 13.2 Å². The van der Waals surface area contributed by atoms with Gasteiger partial charge in [0.1, 0.15) is 31.0 Å². The van der Waals surface area contributed by atoms with Crippen molar-refractivity contribution in [3.05, 3.63) is 59.0 Å². The molecule has 1 aromatic rings. The highest BCUT2D eigenvalue weighted by molar-refractivity contribution is 5.60. The third-order valence-corrected chi connectivity index (χ3v) is 3.83. The molecule has 2 rings (SSSR count). The molecule has 5 atom stereocenters. The molecule has 146 valence electrons. The average molecular weight is 379 g/mol. The van der Waals surface area contributed by atoms with Crippen molar-refractivity contribution in [1.82, 2.24) is 0 Å². The second-order valence-corrected chi connectivity index (χ2v) is 5.64. The van der Waals surface area contributed by atoms with Gasteiger partial charge < -0.3 is 29.2 Å². The molecule has 2 N–H and O–H groups in total. The molecule has 1 saturated heterocycles. The second-order valence-electron chi connectivity index (χ2n) is 5.64. The number of azide groups is 1. The van der Waals surface area contributed by atoms with Crippen molar-refractivity contribution in [2.75, 3.05) is 13.2 Å². The summed E-state index contributed by atoms with van der Waals surface area (Å²) in [4.78, 5) is 14.5. The van der Waals surface area contributed by atoms with Gasteiger partial charge >= 0.3 is 6.16 Å². The summed E-state index contributed by atoms with van der Waals surface area (Å²) in [6, 6.07) is 7.87. The van der Waals surface area contributed by atoms with E-state index in [2.05, 4.69) is 16.6 Å². The first-order valence-electron chi connectivity index (χ1n) is 8.19. The largest absolute Gasteiger partial charge is 0.508 e. The Kier molecular flexibility index (Phi) is 8.05. The lowest BCUT2D eigenvalue weighted by atomic mass is 9.97. The maximum Gasteiger partial charge on any atom is 0.508 e. The van der Waals surface area contributed by atoms with E-state index in [1.165, 1.54) is 6.08 Å². The molecular weight excluding hydrogens is 358 g/mol. The summed E-state index contributed by atoms with van der Waals surface area (Å²) < 4.78 is 21.0. The van der Waals surface area contributed by atoms with E-state index in [0.717, 1.165) is 5.56 Å². The lowest BCUT2D eigenvalue weighted by Gasteiger charge is -2.41. The van der Waals surface area contributed by atoms with Gasteiger partial charge in [0.25, 0.3) is 0 Å². The maximum atomic E-state index is 11.9. The fourth-order valence-electron chi connectivity index (χ4n) is 2.61. The van der Waals surface area contributed by atoms with Crippen molar-refractivity contribution in [2.45, 2.75) is 37.3 Å². The second kappa shape index (κ2) is 10.5. The van der Waals surface area contributed by atoms with E-state index in [4.69, 9.17) is 24.5 Å². The Labute approximate surface area is 155 Å². The number of aliphatic hydroxyl groups excluding tert-OH is 2.